The Labute approximate surface area is 210 Å². The van der Waals surface area contributed by atoms with Crippen LogP contribution in [0.2, 0.25) is 0 Å². The number of esters is 1. The average Bonchev–Trinajstić information content (AvgIpc) is 3.55. The molecule has 3 aromatic carbocycles. The Kier molecular flexibility index (Phi) is 6.33. The molecular weight excluding hydrogens is 476 g/mol. The number of rotatable bonds is 8. The third-order valence-electron chi connectivity index (χ3n) is 6.05. The zero-order valence-corrected chi connectivity index (χ0v) is 19.8. The van der Waals surface area contributed by atoms with Gasteiger partial charge in [0.15, 0.2) is 0 Å². The molecule has 0 aliphatic heterocycles. The summed E-state index contributed by atoms with van der Waals surface area (Å²) >= 11 is 0. The first-order valence-corrected chi connectivity index (χ1v) is 11.4. The van der Waals surface area contributed by atoms with Crippen LogP contribution >= 0.6 is 0 Å². The maximum Gasteiger partial charge on any atom is 0.325 e. The number of hydrogen-bond acceptors (Lipinski definition) is 7. The highest BCUT2D eigenvalue weighted by Crippen LogP contribution is 2.32. The Morgan fingerprint density at radius 1 is 0.973 bits per heavy atom. The minimum Gasteiger partial charge on any atom is -0.480 e. The van der Waals surface area contributed by atoms with Crippen molar-refractivity contribution in [3.63, 3.8) is 0 Å². The SMILES string of the molecule is COC(=O)CN(CC(=O)O)C(=O)c1cccc(Cn2c3ccccc3c3cc(-c4nn[nH]n4)ccc32)c1. The van der Waals surface area contributed by atoms with Gasteiger partial charge in [-0.1, -0.05) is 30.3 Å². The van der Waals surface area contributed by atoms with E-state index in [1.807, 2.05) is 48.5 Å². The monoisotopic (exact) mass is 498 g/mol. The summed E-state index contributed by atoms with van der Waals surface area (Å²) in [6.07, 6.45) is 0. The highest BCUT2D eigenvalue weighted by atomic mass is 16.5. The van der Waals surface area contributed by atoms with Crippen LogP contribution in [-0.4, -0.2) is 73.2 Å². The number of nitrogens with zero attached hydrogens (tertiary/aromatic N) is 5. The summed E-state index contributed by atoms with van der Waals surface area (Å²) in [4.78, 5) is 37.1. The predicted octanol–water partition coefficient (Wildman–Crippen LogP) is 2.72. The fourth-order valence-electron chi connectivity index (χ4n) is 4.40. The molecule has 37 heavy (non-hydrogen) atoms. The molecule has 0 aliphatic rings. The largest absolute Gasteiger partial charge is 0.480 e. The lowest BCUT2D eigenvalue weighted by Crippen LogP contribution is -2.39. The molecule has 0 bridgehead atoms. The second-order valence-corrected chi connectivity index (χ2v) is 8.40. The lowest BCUT2D eigenvalue weighted by molar-refractivity contribution is -0.143. The molecule has 2 N–H and O–H groups in total. The van der Waals surface area contributed by atoms with Crippen LogP contribution in [0.5, 0.6) is 0 Å². The van der Waals surface area contributed by atoms with Crippen LogP contribution in [0.3, 0.4) is 0 Å². The summed E-state index contributed by atoms with van der Waals surface area (Å²) in [5, 5.41) is 25.6. The molecule has 11 heteroatoms. The summed E-state index contributed by atoms with van der Waals surface area (Å²) in [5.41, 5.74) is 3.95. The lowest BCUT2D eigenvalue weighted by atomic mass is 10.1. The molecule has 0 saturated carbocycles. The molecule has 2 aromatic heterocycles. The van der Waals surface area contributed by atoms with Gasteiger partial charge in [-0.3, -0.25) is 14.4 Å². The van der Waals surface area contributed by atoms with Gasteiger partial charge >= 0.3 is 11.9 Å². The Bertz CT molecular complexity index is 1630. The fourth-order valence-corrected chi connectivity index (χ4v) is 4.40. The molecular formula is C26H22N6O5. The van der Waals surface area contributed by atoms with E-state index in [-0.39, 0.29) is 5.56 Å². The number of benzene rings is 3. The van der Waals surface area contributed by atoms with E-state index in [4.69, 9.17) is 0 Å². The van der Waals surface area contributed by atoms with Crippen molar-refractivity contribution < 1.29 is 24.2 Å². The minimum absolute atomic E-state index is 0.280. The molecule has 186 valence electrons. The number of carbonyl (C=O) groups is 3. The van der Waals surface area contributed by atoms with Gasteiger partial charge in [0.1, 0.15) is 13.1 Å². The number of H-pyrrole nitrogens is 1. The number of amides is 1. The van der Waals surface area contributed by atoms with Crippen LogP contribution < -0.4 is 0 Å². The van der Waals surface area contributed by atoms with Crippen LogP contribution in [0.15, 0.2) is 66.7 Å². The number of aliphatic carboxylic acids is 1. The smallest absolute Gasteiger partial charge is 0.325 e. The molecule has 5 rings (SSSR count). The fraction of sp³-hybridized carbons (Fsp3) is 0.154. The zero-order valence-electron chi connectivity index (χ0n) is 19.8. The maximum absolute atomic E-state index is 13.1. The number of ether oxygens (including phenoxy) is 1. The summed E-state index contributed by atoms with van der Waals surface area (Å²) < 4.78 is 6.76. The molecule has 2 heterocycles. The van der Waals surface area contributed by atoms with Crippen molar-refractivity contribution in [2.45, 2.75) is 6.54 Å². The summed E-state index contributed by atoms with van der Waals surface area (Å²) in [6.45, 7) is -0.613. The van der Waals surface area contributed by atoms with Crippen molar-refractivity contribution in [2.24, 2.45) is 0 Å². The standard InChI is InChI=1S/C26H22N6O5/c1-37-24(35)15-31(14-23(33)34)26(36)18-6-4-5-16(11-18)13-32-21-8-3-2-7-19(21)20-12-17(9-10-22(20)32)25-27-29-30-28-25/h2-12H,13-15H2,1H3,(H,33,34)(H,27,28,29,30). The summed E-state index contributed by atoms with van der Waals surface area (Å²) in [6, 6.07) is 20.9. The number of hydrogen-bond donors (Lipinski definition) is 2. The van der Waals surface area contributed by atoms with E-state index in [9.17, 15) is 19.5 Å². The van der Waals surface area contributed by atoms with Gasteiger partial charge in [0.25, 0.3) is 5.91 Å². The molecule has 0 radical (unpaired) electrons. The Balaban J connectivity index is 1.51. The van der Waals surface area contributed by atoms with Crippen molar-refractivity contribution in [2.75, 3.05) is 20.2 Å². The highest BCUT2D eigenvalue weighted by Gasteiger charge is 2.22. The molecule has 0 unspecified atom stereocenters. The summed E-state index contributed by atoms with van der Waals surface area (Å²) in [5.74, 6) is -1.99. The number of methoxy groups -OCH3 is 1. The van der Waals surface area contributed by atoms with E-state index in [0.717, 1.165) is 37.8 Å². The number of nitrogens with one attached hydrogen (secondary N) is 1. The highest BCUT2D eigenvalue weighted by molar-refractivity contribution is 6.09. The number of para-hydroxylation sites is 1. The second kappa shape index (κ2) is 9.90. The van der Waals surface area contributed by atoms with E-state index in [1.54, 1.807) is 18.2 Å². The van der Waals surface area contributed by atoms with E-state index in [2.05, 4.69) is 29.9 Å². The molecule has 0 fully saturated rings. The molecule has 0 atom stereocenters. The second-order valence-electron chi connectivity index (χ2n) is 8.40. The van der Waals surface area contributed by atoms with E-state index in [1.165, 1.54) is 7.11 Å². The van der Waals surface area contributed by atoms with Crippen molar-refractivity contribution in [1.82, 2.24) is 30.1 Å². The van der Waals surface area contributed by atoms with Crippen molar-refractivity contribution in [3.05, 3.63) is 77.9 Å². The van der Waals surface area contributed by atoms with Gasteiger partial charge in [-0.2, -0.15) is 5.21 Å². The van der Waals surface area contributed by atoms with Crippen LogP contribution in [0.1, 0.15) is 15.9 Å². The van der Waals surface area contributed by atoms with Crippen LogP contribution in [0.25, 0.3) is 33.2 Å². The number of carboxylic acid groups (broad SMARTS) is 1. The van der Waals surface area contributed by atoms with E-state index >= 15 is 0 Å². The number of tetrazole rings is 1. The van der Waals surface area contributed by atoms with E-state index < -0.39 is 30.9 Å². The van der Waals surface area contributed by atoms with Gasteiger partial charge in [-0.15, -0.1) is 10.2 Å². The normalized spacial score (nSPS) is 11.1. The molecule has 0 saturated heterocycles. The van der Waals surface area contributed by atoms with Crippen molar-refractivity contribution in [3.8, 4) is 11.4 Å². The summed E-state index contributed by atoms with van der Waals surface area (Å²) in [7, 11) is 1.18. The molecule has 1 amide bonds. The first-order valence-electron chi connectivity index (χ1n) is 11.4. The zero-order chi connectivity index (χ0) is 25.9. The van der Waals surface area contributed by atoms with Gasteiger partial charge in [0.05, 0.1) is 7.11 Å². The number of aromatic nitrogens is 5. The number of fused-ring (bicyclic) bond motifs is 3. The molecule has 5 aromatic rings. The van der Waals surface area contributed by atoms with Gasteiger partial charge in [-0.05, 0) is 47.2 Å². The Morgan fingerprint density at radius 2 is 1.78 bits per heavy atom. The van der Waals surface area contributed by atoms with Crippen LogP contribution in [-0.2, 0) is 20.9 Å². The average molecular weight is 498 g/mol. The van der Waals surface area contributed by atoms with Crippen molar-refractivity contribution >= 4 is 39.7 Å². The van der Waals surface area contributed by atoms with Crippen LogP contribution in [0.4, 0.5) is 0 Å². The Hall–Kier alpha value is -5.06. The minimum atomic E-state index is -1.22. The third kappa shape index (κ3) is 4.74. The van der Waals surface area contributed by atoms with Gasteiger partial charge in [0.2, 0.25) is 5.82 Å². The number of carboxylic acids is 1. The quantitative estimate of drug-likeness (QED) is 0.311. The molecule has 0 spiro atoms. The van der Waals surface area contributed by atoms with Crippen molar-refractivity contribution in [1.29, 1.82) is 0 Å². The molecule has 0 aliphatic carbocycles. The van der Waals surface area contributed by atoms with Gasteiger partial charge < -0.3 is 19.3 Å². The number of carbonyl (C=O) groups excluding carboxylic acids is 2. The van der Waals surface area contributed by atoms with Gasteiger partial charge in [0, 0.05) is 39.5 Å². The third-order valence-corrected chi connectivity index (χ3v) is 6.05. The lowest BCUT2D eigenvalue weighted by Gasteiger charge is -2.19. The maximum atomic E-state index is 13.1. The van der Waals surface area contributed by atoms with E-state index in [0.29, 0.717) is 12.4 Å². The molecule has 11 nitrogen and oxygen atoms in total. The number of aromatic amines is 1. The first-order chi connectivity index (χ1) is 17.9. The predicted molar refractivity (Wildman–Crippen MR) is 134 cm³/mol. The van der Waals surface area contributed by atoms with Crippen LogP contribution in [0, 0.1) is 0 Å². The Morgan fingerprint density at radius 3 is 2.54 bits per heavy atom. The first kappa shape index (κ1) is 23.7. The van der Waals surface area contributed by atoms with Gasteiger partial charge in [-0.25, -0.2) is 0 Å². The topological polar surface area (TPSA) is 143 Å².